The third-order valence-electron chi connectivity index (χ3n) is 2.76. The van der Waals surface area contributed by atoms with Gasteiger partial charge in [0, 0.05) is 4.88 Å². The van der Waals surface area contributed by atoms with Gasteiger partial charge in [-0.25, -0.2) is 0 Å². The van der Waals surface area contributed by atoms with Gasteiger partial charge < -0.3 is 9.84 Å². The minimum atomic E-state index is -0.552. The molecule has 0 fully saturated rings. The van der Waals surface area contributed by atoms with Crippen LogP contribution in [0.3, 0.4) is 0 Å². The summed E-state index contributed by atoms with van der Waals surface area (Å²) in [5.74, 6) is 0.836. The van der Waals surface area contributed by atoms with E-state index < -0.39 is 6.10 Å². The highest BCUT2D eigenvalue weighted by molar-refractivity contribution is 7.10. The summed E-state index contributed by atoms with van der Waals surface area (Å²) < 4.78 is 5.58. The molecule has 0 saturated heterocycles. The molecule has 96 valence electrons. The van der Waals surface area contributed by atoms with E-state index in [9.17, 15) is 5.11 Å². The first kappa shape index (κ1) is 13.1. The van der Waals surface area contributed by atoms with Gasteiger partial charge in [0.2, 0.25) is 0 Å². The summed E-state index contributed by atoms with van der Waals surface area (Å²) in [5, 5.41) is 12.3. The zero-order chi connectivity index (χ0) is 13.1. The van der Waals surface area contributed by atoms with E-state index in [4.69, 9.17) is 4.74 Å². The molecule has 1 N–H and O–H groups in total. The van der Waals surface area contributed by atoms with Crippen LogP contribution in [0.15, 0.2) is 35.7 Å². The quantitative estimate of drug-likeness (QED) is 0.904. The fourth-order valence-corrected chi connectivity index (χ4v) is 2.59. The van der Waals surface area contributed by atoms with Gasteiger partial charge in [-0.1, -0.05) is 12.1 Å². The topological polar surface area (TPSA) is 29.5 Å². The van der Waals surface area contributed by atoms with E-state index in [0.717, 1.165) is 21.8 Å². The van der Waals surface area contributed by atoms with Crippen molar-refractivity contribution >= 4 is 11.3 Å². The number of aryl methyl sites for hydroxylation is 1. The van der Waals surface area contributed by atoms with E-state index in [2.05, 4.69) is 0 Å². The lowest BCUT2D eigenvalue weighted by molar-refractivity contribution is 0.219. The van der Waals surface area contributed by atoms with E-state index in [-0.39, 0.29) is 6.10 Å². The van der Waals surface area contributed by atoms with E-state index in [1.165, 1.54) is 0 Å². The van der Waals surface area contributed by atoms with Gasteiger partial charge in [-0.15, -0.1) is 11.3 Å². The lowest BCUT2D eigenvalue weighted by Crippen LogP contribution is -2.06. The van der Waals surface area contributed by atoms with Crippen LogP contribution in [-0.4, -0.2) is 11.2 Å². The SMILES string of the molecule is Cc1sccc1C(O)c1ccc(OC(C)C)cc1. The van der Waals surface area contributed by atoms with Crippen molar-refractivity contribution in [2.75, 3.05) is 0 Å². The molecule has 0 spiro atoms. The van der Waals surface area contributed by atoms with E-state index in [0.29, 0.717) is 0 Å². The van der Waals surface area contributed by atoms with Crippen molar-refractivity contribution in [2.45, 2.75) is 33.0 Å². The Bertz CT molecular complexity index is 499. The fourth-order valence-electron chi connectivity index (χ4n) is 1.86. The van der Waals surface area contributed by atoms with Crippen LogP contribution in [0.4, 0.5) is 0 Å². The number of thiophene rings is 1. The first-order valence-corrected chi connectivity index (χ1v) is 6.94. The van der Waals surface area contributed by atoms with Crippen LogP contribution in [0.1, 0.15) is 36.0 Å². The largest absolute Gasteiger partial charge is 0.491 e. The Morgan fingerprint density at radius 2 is 1.78 bits per heavy atom. The van der Waals surface area contributed by atoms with Crippen molar-refractivity contribution in [1.29, 1.82) is 0 Å². The van der Waals surface area contributed by atoms with Crippen molar-refractivity contribution in [3.05, 3.63) is 51.7 Å². The second-order valence-electron chi connectivity index (χ2n) is 4.57. The third kappa shape index (κ3) is 2.92. The van der Waals surface area contributed by atoms with E-state index >= 15 is 0 Å². The van der Waals surface area contributed by atoms with E-state index in [1.807, 2.05) is 56.5 Å². The average Bonchev–Trinajstić information content (AvgIpc) is 2.75. The smallest absolute Gasteiger partial charge is 0.119 e. The van der Waals surface area contributed by atoms with Crippen molar-refractivity contribution < 1.29 is 9.84 Å². The number of hydrogen-bond donors (Lipinski definition) is 1. The van der Waals surface area contributed by atoms with Crippen molar-refractivity contribution in [2.24, 2.45) is 0 Å². The maximum absolute atomic E-state index is 10.3. The monoisotopic (exact) mass is 262 g/mol. The van der Waals surface area contributed by atoms with Crippen LogP contribution in [0, 0.1) is 6.92 Å². The zero-order valence-corrected chi connectivity index (χ0v) is 11.7. The molecule has 3 heteroatoms. The molecule has 0 aliphatic carbocycles. The fraction of sp³-hybridized carbons (Fsp3) is 0.333. The van der Waals surface area contributed by atoms with Crippen LogP contribution in [0.2, 0.25) is 0 Å². The van der Waals surface area contributed by atoms with Crippen LogP contribution in [-0.2, 0) is 0 Å². The van der Waals surface area contributed by atoms with Crippen molar-refractivity contribution in [3.63, 3.8) is 0 Å². The molecule has 0 radical (unpaired) electrons. The molecule has 1 unspecified atom stereocenters. The van der Waals surface area contributed by atoms with Gasteiger partial charge in [-0.05, 0) is 55.5 Å². The second kappa shape index (κ2) is 5.55. The van der Waals surface area contributed by atoms with Gasteiger partial charge in [0.05, 0.1) is 6.10 Å². The standard InChI is InChI=1S/C15H18O2S/c1-10(2)17-13-6-4-12(5-7-13)15(16)14-8-9-18-11(14)3/h4-10,15-16H,1-3H3. The Balaban J connectivity index is 2.17. The molecule has 0 bridgehead atoms. The number of aliphatic hydroxyl groups excluding tert-OH is 1. The van der Waals surface area contributed by atoms with Crippen molar-refractivity contribution in [1.82, 2.24) is 0 Å². The summed E-state index contributed by atoms with van der Waals surface area (Å²) in [7, 11) is 0. The molecule has 0 aliphatic rings. The highest BCUT2D eigenvalue weighted by Crippen LogP contribution is 2.29. The average molecular weight is 262 g/mol. The molecule has 1 atom stereocenters. The molecular formula is C15H18O2S. The zero-order valence-electron chi connectivity index (χ0n) is 10.9. The minimum Gasteiger partial charge on any atom is -0.491 e. The van der Waals surface area contributed by atoms with Gasteiger partial charge >= 0.3 is 0 Å². The first-order valence-electron chi connectivity index (χ1n) is 6.06. The maximum atomic E-state index is 10.3. The highest BCUT2D eigenvalue weighted by Gasteiger charge is 2.13. The molecule has 2 aromatic rings. The summed E-state index contributed by atoms with van der Waals surface area (Å²) in [6.07, 6.45) is -0.385. The Kier molecular flexibility index (Phi) is 4.04. The maximum Gasteiger partial charge on any atom is 0.119 e. The number of hydrogen-bond acceptors (Lipinski definition) is 3. The number of aliphatic hydroxyl groups is 1. The summed E-state index contributed by atoms with van der Waals surface area (Å²) in [6.45, 7) is 6.02. The Morgan fingerprint density at radius 3 is 2.28 bits per heavy atom. The van der Waals surface area contributed by atoms with E-state index in [1.54, 1.807) is 11.3 Å². The van der Waals surface area contributed by atoms with Gasteiger partial charge in [-0.3, -0.25) is 0 Å². The normalized spacial score (nSPS) is 12.7. The second-order valence-corrected chi connectivity index (χ2v) is 5.69. The molecule has 1 aromatic carbocycles. The third-order valence-corrected chi connectivity index (χ3v) is 3.62. The summed E-state index contributed by atoms with van der Waals surface area (Å²) in [6, 6.07) is 9.61. The number of benzene rings is 1. The molecule has 0 saturated carbocycles. The summed E-state index contributed by atoms with van der Waals surface area (Å²) in [4.78, 5) is 1.16. The Labute approximate surface area is 112 Å². The summed E-state index contributed by atoms with van der Waals surface area (Å²) in [5.41, 5.74) is 1.88. The number of rotatable bonds is 4. The molecule has 0 amide bonds. The number of ether oxygens (including phenoxy) is 1. The lowest BCUT2D eigenvalue weighted by atomic mass is 10.0. The minimum absolute atomic E-state index is 0.167. The molecule has 1 heterocycles. The summed E-state index contributed by atoms with van der Waals surface area (Å²) >= 11 is 1.65. The molecular weight excluding hydrogens is 244 g/mol. The Hall–Kier alpha value is -1.32. The van der Waals surface area contributed by atoms with Gasteiger partial charge in [0.25, 0.3) is 0 Å². The van der Waals surface area contributed by atoms with Crippen LogP contribution >= 0.6 is 11.3 Å². The molecule has 2 nitrogen and oxygen atoms in total. The van der Waals surface area contributed by atoms with Crippen molar-refractivity contribution in [3.8, 4) is 5.75 Å². The predicted octanol–water partition coefficient (Wildman–Crippen LogP) is 3.93. The first-order chi connectivity index (χ1) is 8.58. The molecule has 0 aliphatic heterocycles. The molecule has 18 heavy (non-hydrogen) atoms. The lowest BCUT2D eigenvalue weighted by Gasteiger charge is -2.13. The predicted molar refractivity (Wildman–Crippen MR) is 75.3 cm³/mol. The molecule has 2 rings (SSSR count). The van der Waals surface area contributed by atoms with Crippen LogP contribution in [0.25, 0.3) is 0 Å². The Morgan fingerprint density at radius 1 is 1.11 bits per heavy atom. The van der Waals surface area contributed by atoms with Crippen LogP contribution in [0.5, 0.6) is 5.75 Å². The highest BCUT2D eigenvalue weighted by atomic mass is 32.1. The van der Waals surface area contributed by atoms with Crippen LogP contribution < -0.4 is 4.74 Å². The van der Waals surface area contributed by atoms with Gasteiger partial charge in [0.15, 0.2) is 0 Å². The van der Waals surface area contributed by atoms with Gasteiger partial charge in [-0.2, -0.15) is 0 Å². The van der Waals surface area contributed by atoms with Gasteiger partial charge in [0.1, 0.15) is 11.9 Å². The molecule has 1 aromatic heterocycles.